The predicted molar refractivity (Wildman–Crippen MR) is 127 cm³/mol. The summed E-state index contributed by atoms with van der Waals surface area (Å²) < 4.78 is 5.42. The van der Waals surface area contributed by atoms with E-state index in [1.165, 1.54) is 6.33 Å². The number of anilines is 2. The number of hydrogen-bond acceptors (Lipinski definition) is 7. The first-order valence-corrected chi connectivity index (χ1v) is 10.3. The molecule has 1 unspecified atom stereocenters. The lowest BCUT2D eigenvalue weighted by atomic mass is 9.96. The van der Waals surface area contributed by atoms with Crippen LogP contribution in [0.1, 0.15) is 37.9 Å². The summed E-state index contributed by atoms with van der Waals surface area (Å²) in [7, 11) is 1.58. The molecule has 166 valence electrons. The van der Waals surface area contributed by atoms with Crippen LogP contribution in [0.4, 0.5) is 11.5 Å². The number of carbonyl (C=O) groups excluding carboxylic acids is 2. The minimum atomic E-state index is -0.574. The van der Waals surface area contributed by atoms with Gasteiger partial charge in [-0.05, 0) is 18.2 Å². The van der Waals surface area contributed by atoms with Crippen LogP contribution in [-0.4, -0.2) is 35.4 Å². The maximum absolute atomic E-state index is 13.0. The molecule has 0 bridgehead atoms. The van der Waals surface area contributed by atoms with E-state index in [0.29, 0.717) is 44.7 Å². The summed E-state index contributed by atoms with van der Waals surface area (Å²) in [5, 5.41) is 3.96. The number of amides is 1. The lowest BCUT2D eigenvalue weighted by Gasteiger charge is -2.22. The second-order valence-corrected chi connectivity index (χ2v) is 7.44. The number of nitrogens with one attached hydrogen (secondary N) is 1. The first-order valence-electron chi connectivity index (χ1n) is 10.3. The topological polar surface area (TPSA) is 133 Å². The van der Waals surface area contributed by atoms with E-state index in [0.717, 1.165) is 0 Å². The molecule has 0 spiro atoms. The van der Waals surface area contributed by atoms with Gasteiger partial charge in [-0.2, -0.15) is 0 Å². The molecule has 1 aromatic heterocycles. The molecule has 1 atom stereocenters. The summed E-state index contributed by atoms with van der Waals surface area (Å²) in [6, 6.07) is 19.0. The number of ether oxygens (including phenoxy) is 1. The summed E-state index contributed by atoms with van der Waals surface area (Å²) in [6.07, 6.45) is 1.36. The van der Waals surface area contributed by atoms with Gasteiger partial charge in [-0.1, -0.05) is 48.5 Å². The maximum Gasteiger partial charge on any atom is 0.250 e. The number of rotatable bonds is 8. The number of nitrogens with two attached hydrogens (primary N) is 2. The van der Waals surface area contributed by atoms with Crippen molar-refractivity contribution in [2.24, 2.45) is 5.73 Å². The maximum atomic E-state index is 13.0. The highest BCUT2D eigenvalue weighted by Crippen LogP contribution is 2.31. The molecular weight excluding hydrogens is 418 g/mol. The first-order chi connectivity index (χ1) is 16.0. The minimum absolute atomic E-state index is 0.162. The van der Waals surface area contributed by atoms with Crippen LogP contribution in [0.3, 0.4) is 0 Å². The molecule has 8 heteroatoms. The Bertz CT molecular complexity index is 1320. The zero-order chi connectivity index (χ0) is 23.4. The normalized spacial score (nSPS) is 11.8. The Morgan fingerprint density at radius 3 is 2.42 bits per heavy atom. The van der Waals surface area contributed by atoms with E-state index in [2.05, 4.69) is 15.3 Å². The molecule has 1 heterocycles. The van der Waals surface area contributed by atoms with Crippen LogP contribution >= 0.6 is 0 Å². The van der Waals surface area contributed by atoms with Crippen molar-refractivity contribution in [3.8, 4) is 0 Å². The molecular formula is C25H23N5O3. The summed E-state index contributed by atoms with van der Waals surface area (Å²) in [4.78, 5) is 33.4. The largest absolute Gasteiger partial charge is 0.398 e. The molecule has 33 heavy (non-hydrogen) atoms. The van der Waals surface area contributed by atoms with E-state index in [4.69, 9.17) is 16.2 Å². The van der Waals surface area contributed by atoms with Crippen molar-refractivity contribution < 1.29 is 14.3 Å². The average Bonchev–Trinajstić information content (AvgIpc) is 2.84. The Morgan fingerprint density at radius 2 is 1.70 bits per heavy atom. The van der Waals surface area contributed by atoms with Crippen molar-refractivity contribution in [2.45, 2.75) is 6.04 Å². The zero-order valence-electron chi connectivity index (χ0n) is 18.0. The quantitative estimate of drug-likeness (QED) is 0.282. The highest BCUT2D eigenvalue weighted by atomic mass is 16.5. The van der Waals surface area contributed by atoms with Gasteiger partial charge in [0.1, 0.15) is 12.1 Å². The lowest BCUT2D eigenvalue weighted by Crippen LogP contribution is -2.20. The number of carbonyl (C=O) groups is 2. The van der Waals surface area contributed by atoms with Gasteiger partial charge in [-0.3, -0.25) is 9.59 Å². The Hall–Kier alpha value is -4.30. The van der Waals surface area contributed by atoms with E-state index in [-0.39, 0.29) is 12.4 Å². The Morgan fingerprint density at radius 1 is 0.970 bits per heavy atom. The van der Waals surface area contributed by atoms with Crippen molar-refractivity contribution in [3.05, 3.63) is 95.3 Å². The fourth-order valence-electron chi connectivity index (χ4n) is 3.77. The van der Waals surface area contributed by atoms with Crippen molar-refractivity contribution in [1.29, 1.82) is 0 Å². The summed E-state index contributed by atoms with van der Waals surface area (Å²) >= 11 is 0. The van der Waals surface area contributed by atoms with E-state index < -0.39 is 11.9 Å². The smallest absolute Gasteiger partial charge is 0.250 e. The molecule has 0 aliphatic heterocycles. The fraction of sp³-hybridized carbons (Fsp3) is 0.120. The number of fused-ring (bicyclic) bond motifs is 1. The Kier molecular flexibility index (Phi) is 6.28. The van der Waals surface area contributed by atoms with Gasteiger partial charge >= 0.3 is 0 Å². The third kappa shape index (κ3) is 4.37. The highest BCUT2D eigenvalue weighted by molar-refractivity contribution is 6.12. The summed E-state index contributed by atoms with van der Waals surface area (Å²) in [5.41, 5.74) is 14.7. The van der Waals surface area contributed by atoms with Crippen LogP contribution in [0.5, 0.6) is 0 Å². The number of ketones is 1. The standard InChI is InChI=1S/C25H23N5O3/c1-33-13-20(30-25-19-12-6-11-18(24(27)32)22(19)28-14-29-25)16-9-5-10-17(21(16)26)23(31)15-7-3-2-4-8-15/h2-12,14,20H,13,26H2,1H3,(H2,27,32)(H,28,29,30). The number of methoxy groups -OCH3 is 1. The van der Waals surface area contributed by atoms with Crippen LogP contribution in [0.15, 0.2) is 73.1 Å². The molecule has 0 radical (unpaired) electrons. The second-order valence-electron chi connectivity index (χ2n) is 7.44. The van der Waals surface area contributed by atoms with Gasteiger partial charge < -0.3 is 21.5 Å². The number of nitrogen functional groups attached to an aromatic ring is 1. The fourth-order valence-corrected chi connectivity index (χ4v) is 3.77. The van der Waals surface area contributed by atoms with Gasteiger partial charge in [0, 0.05) is 34.9 Å². The third-order valence-electron chi connectivity index (χ3n) is 5.37. The van der Waals surface area contributed by atoms with Crippen LogP contribution in [-0.2, 0) is 4.74 Å². The average molecular weight is 441 g/mol. The SMILES string of the molecule is COCC(Nc1ncnc2c(C(N)=O)cccc12)c1cccc(C(=O)c2ccccc2)c1N. The monoisotopic (exact) mass is 441 g/mol. The van der Waals surface area contributed by atoms with Crippen molar-refractivity contribution in [3.63, 3.8) is 0 Å². The highest BCUT2D eigenvalue weighted by Gasteiger charge is 2.21. The van der Waals surface area contributed by atoms with E-state index in [1.54, 1.807) is 49.6 Å². The van der Waals surface area contributed by atoms with Gasteiger partial charge in [0.15, 0.2) is 5.78 Å². The predicted octanol–water partition coefficient (Wildman–Crippen LogP) is 3.34. The van der Waals surface area contributed by atoms with Crippen LogP contribution in [0, 0.1) is 0 Å². The van der Waals surface area contributed by atoms with Gasteiger partial charge in [0.25, 0.3) is 5.91 Å². The van der Waals surface area contributed by atoms with Crippen molar-refractivity contribution in [2.75, 3.05) is 24.8 Å². The first kappa shape index (κ1) is 21.9. The lowest BCUT2D eigenvalue weighted by molar-refractivity contribution is 0.1000. The molecule has 0 aliphatic rings. The summed E-state index contributed by atoms with van der Waals surface area (Å²) in [6.45, 7) is 0.258. The van der Waals surface area contributed by atoms with E-state index in [1.807, 2.05) is 24.3 Å². The van der Waals surface area contributed by atoms with Crippen molar-refractivity contribution in [1.82, 2.24) is 9.97 Å². The van der Waals surface area contributed by atoms with Crippen LogP contribution in [0.2, 0.25) is 0 Å². The number of hydrogen-bond donors (Lipinski definition) is 3. The number of benzene rings is 3. The Balaban J connectivity index is 1.74. The van der Waals surface area contributed by atoms with Gasteiger partial charge in [-0.25, -0.2) is 9.97 Å². The molecule has 4 aromatic rings. The van der Waals surface area contributed by atoms with Gasteiger partial charge in [0.05, 0.1) is 23.7 Å². The molecule has 0 fully saturated rings. The third-order valence-corrected chi connectivity index (χ3v) is 5.37. The van der Waals surface area contributed by atoms with Crippen LogP contribution < -0.4 is 16.8 Å². The number of primary amides is 1. The van der Waals surface area contributed by atoms with Crippen LogP contribution in [0.25, 0.3) is 10.9 Å². The van der Waals surface area contributed by atoms with E-state index in [9.17, 15) is 9.59 Å². The molecule has 8 nitrogen and oxygen atoms in total. The molecule has 0 saturated carbocycles. The summed E-state index contributed by atoms with van der Waals surface area (Å²) in [5.74, 6) is -0.246. The minimum Gasteiger partial charge on any atom is -0.398 e. The van der Waals surface area contributed by atoms with E-state index >= 15 is 0 Å². The molecule has 3 aromatic carbocycles. The Labute approximate surface area is 190 Å². The number of nitrogens with zero attached hydrogens (tertiary/aromatic N) is 2. The molecule has 5 N–H and O–H groups in total. The van der Waals surface area contributed by atoms with Gasteiger partial charge in [0.2, 0.25) is 0 Å². The number of aromatic nitrogens is 2. The molecule has 1 amide bonds. The molecule has 4 rings (SSSR count). The number of para-hydroxylation sites is 2. The zero-order valence-corrected chi connectivity index (χ0v) is 18.0. The molecule has 0 saturated heterocycles. The van der Waals surface area contributed by atoms with Gasteiger partial charge in [-0.15, -0.1) is 0 Å². The van der Waals surface area contributed by atoms with Crippen molar-refractivity contribution >= 4 is 34.1 Å². The second kappa shape index (κ2) is 9.46. The molecule has 0 aliphatic carbocycles.